The van der Waals surface area contributed by atoms with E-state index in [9.17, 15) is 10.2 Å². The first-order valence-corrected chi connectivity index (χ1v) is 10.3. The van der Waals surface area contributed by atoms with Gasteiger partial charge in [0.05, 0.1) is 24.2 Å². The molecule has 0 spiro atoms. The van der Waals surface area contributed by atoms with E-state index in [1.54, 1.807) is 42.0 Å². The standard InChI is InChI=1S/C25H18N4O4/c1-32-19-9-5-3-7-16(19)21-17-11-10-14(30)12-20(17)33-25-22(21)24-27-23(28-29(24)13-26-25)15-6-2-4-8-18(15)31/h2-13,21,30-31H,1H3. The van der Waals surface area contributed by atoms with Gasteiger partial charge in [-0.2, -0.15) is 0 Å². The zero-order valence-electron chi connectivity index (χ0n) is 17.5. The number of nitrogens with zero attached hydrogens (tertiary/aromatic N) is 4. The van der Waals surface area contributed by atoms with Gasteiger partial charge in [0.2, 0.25) is 5.88 Å². The summed E-state index contributed by atoms with van der Waals surface area (Å²) in [7, 11) is 1.63. The van der Waals surface area contributed by atoms with Gasteiger partial charge in [0.25, 0.3) is 0 Å². The Hall–Kier alpha value is -4.59. The number of rotatable bonds is 3. The van der Waals surface area contributed by atoms with Crippen molar-refractivity contribution in [2.75, 3.05) is 7.11 Å². The van der Waals surface area contributed by atoms with Crippen molar-refractivity contribution in [1.29, 1.82) is 0 Å². The van der Waals surface area contributed by atoms with Gasteiger partial charge in [0.15, 0.2) is 11.5 Å². The van der Waals surface area contributed by atoms with Crippen LogP contribution in [-0.4, -0.2) is 36.9 Å². The third-order valence-corrected chi connectivity index (χ3v) is 5.79. The first-order chi connectivity index (χ1) is 16.1. The van der Waals surface area contributed by atoms with Crippen LogP contribution in [0.2, 0.25) is 0 Å². The SMILES string of the molecule is COc1ccccc1C1c2ccc(O)cc2Oc2ncn3nc(-c4ccccc4O)nc3c21. The Morgan fingerprint density at radius 3 is 2.64 bits per heavy atom. The number of fused-ring (bicyclic) bond motifs is 4. The molecule has 0 amide bonds. The maximum absolute atomic E-state index is 10.3. The van der Waals surface area contributed by atoms with Crippen molar-refractivity contribution in [2.45, 2.75) is 5.92 Å². The molecule has 2 N–H and O–H groups in total. The summed E-state index contributed by atoms with van der Waals surface area (Å²) >= 11 is 0. The third-order valence-electron chi connectivity index (χ3n) is 5.79. The number of ether oxygens (including phenoxy) is 2. The molecular formula is C25H18N4O4. The quantitative estimate of drug-likeness (QED) is 0.419. The first-order valence-electron chi connectivity index (χ1n) is 10.3. The molecule has 2 aromatic heterocycles. The van der Waals surface area contributed by atoms with E-state index in [2.05, 4.69) is 10.1 Å². The van der Waals surface area contributed by atoms with Crippen LogP contribution in [0, 0.1) is 0 Å². The summed E-state index contributed by atoms with van der Waals surface area (Å²) in [6, 6.07) is 19.7. The number of phenols is 2. The van der Waals surface area contributed by atoms with E-state index in [1.807, 2.05) is 36.4 Å². The zero-order valence-corrected chi connectivity index (χ0v) is 17.5. The molecule has 3 aromatic carbocycles. The average Bonchev–Trinajstić information content (AvgIpc) is 3.27. The van der Waals surface area contributed by atoms with Crippen LogP contribution in [0.3, 0.4) is 0 Å². The van der Waals surface area contributed by atoms with E-state index in [1.165, 1.54) is 6.33 Å². The maximum atomic E-state index is 10.3. The highest BCUT2D eigenvalue weighted by Crippen LogP contribution is 2.50. The van der Waals surface area contributed by atoms with Crippen molar-refractivity contribution in [2.24, 2.45) is 0 Å². The minimum absolute atomic E-state index is 0.0913. The highest BCUT2D eigenvalue weighted by Gasteiger charge is 2.35. The Kier molecular flexibility index (Phi) is 4.19. The van der Waals surface area contributed by atoms with Gasteiger partial charge in [-0.1, -0.05) is 36.4 Å². The predicted octanol–water partition coefficient (Wildman–Crippen LogP) is 4.50. The number of para-hydroxylation sites is 2. The Balaban J connectivity index is 1.65. The van der Waals surface area contributed by atoms with Gasteiger partial charge in [-0.15, -0.1) is 5.10 Å². The van der Waals surface area contributed by atoms with E-state index in [0.29, 0.717) is 34.4 Å². The molecule has 0 saturated carbocycles. The summed E-state index contributed by atoms with van der Waals surface area (Å²) in [6.45, 7) is 0. The van der Waals surface area contributed by atoms with Crippen LogP contribution < -0.4 is 9.47 Å². The van der Waals surface area contributed by atoms with Gasteiger partial charge in [-0.3, -0.25) is 0 Å². The Morgan fingerprint density at radius 2 is 1.79 bits per heavy atom. The maximum Gasteiger partial charge on any atom is 0.228 e. The average molecular weight is 438 g/mol. The van der Waals surface area contributed by atoms with Crippen molar-refractivity contribution in [1.82, 2.24) is 19.6 Å². The minimum Gasteiger partial charge on any atom is -0.508 e. The lowest BCUT2D eigenvalue weighted by molar-refractivity contribution is 0.401. The molecule has 1 unspecified atom stereocenters. The number of benzene rings is 3. The summed E-state index contributed by atoms with van der Waals surface area (Å²) in [5.74, 6) is 1.81. The van der Waals surface area contributed by atoms with Gasteiger partial charge >= 0.3 is 0 Å². The van der Waals surface area contributed by atoms with Crippen LogP contribution in [0.25, 0.3) is 17.0 Å². The second-order valence-electron chi connectivity index (χ2n) is 7.68. The summed E-state index contributed by atoms with van der Waals surface area (Å²) in [4.78, 5) is 9.25. The van der Waals surface area contributed by atoms with Crippen LogP contribution in [0.5, 0.6) is 28.9 Å². The number of hydrogen-bond acceptors (Lipinski definition) is 7. The lowest BCUT2D eigenvalue weighted by Gasteiger charge is -2.28. The van der Waals surface area contributed by atoms with Gasteiger partial charge in [-0.05, 0) is 24.3 Å². The molecule has 8 nitrogen and oxygen atoms in total. The highest BCUT2D eigenvalue weighted by molar-refractivity contribution is 5.71. The summed E-state index contributed by atoms with van der Waals surface area (Å²) < 4.78 is 13.3. The molecule has 6 rings (SSSR count). The van der Waals surface area contributed by atoms with Crippen LogP contribution in [0.1, 0.15) is 22.6 Å². The molecule has 33 heavy (non-hydrogen) atoms. The fraction of sp³-hybridized carbons (Fsp3) is 0.0800. The van der Waals surface area contributed by atoms with Crippen molar-refractivity contribution in [3.8, 4) is 40.3 Å². The first kappa shape index (κ1) is 19.1. The smallest absolute Gasteiger partial charge is 0.228 e. The number of aromatic nitrogens is 4. The van der Waals surface area contributed by atoms with E-state index in [-0.39, 0.29) is 17.4 Å². The molecule has 8 heteroatoms. The summed E-state index contributed by atoms with van der Waals surface area (Å²) in [5, 5.41) is 24.9. The molecule has 3 heterocycles. The monoisotopic (exact) mass is 438 g/mol. The normalized spacial score (nSPS) is 14.4. The van der Waals surface area contributed by atoms with Crippen molar-refractivity contribution in [3.63, 3.8) is 0 Å². The molecule has 0 radical (unpaired) electrons. The fourth-order valence-corrected chi connectivity index (χ4v) is 4.31. The third kappa shape index (κ3) is 2.95. The van der Waals surface area contributed by atoms with Crippen LogP contribution in [0.4, 0.5) is 0 Å². The second kappa shape index (κ2) is 7.23. The molecule has 0 aliphatic carbocycles. The molecule has 162 valence electrons. The molecule has 0 fully saturated rings. The number of phenolic OH excluding ortho intramolecular Hbond substituents is 2. The van der Waals surface area contributed by atoms with Crippen molar-refractivity contribution in [3.05, 3.63) is 89.7 Å². The molecule has 1 atom stereocenters. The van der Waals surface area contributed by atoms with Gasteiger partial charge < -0.3 is 19.7 Å². The van der Waals surface area contributed by atoms with Crippen LogP contribution >= 0.6 is 0 Å². The van der Waals surface area contributed by atoms with Gasteiger partial charge in [0, 0.05) is 17.2 Å². The van der Waals surface area contributed by atoms with Crippen molar-refractivity contribution >= 4 is 5.65 Å². The minimum atomic E-state index is -0.335. The Labute approximate surface area is 188 Å². The van der Waals surface area contributed by atoms with E-state index in [4.69, 9.17) is 14.5 Å². The fourth-order valence-electron chi connectivity index (χ4n) is 4.31. The van der Waals surface area contributed by atoms with Crippen molar-refractivity contribution < 1.29 is 19.7 Å². The zero-order chi connectivity index (χ0) is 22.5. The summed E-state index contributed by atoms with van der Waals surface area (Å²) in [6.07, 6.45) is 1.53. The Bertz CT molecular complexity index is 1530. The lowest BCUT2D eigenvalue weighted by Crippen LogP contribution is -2.15. The Morgan fingerprint density at radius 1 is 0.970 bits per heavy atom. The molecule has 0 bridgehead atoms. The van der Waals surface area contributed by atoms with Gasteiger partial charge in [0.1, 0.15) is 29.3 Å². The molecular weight excluding hydrogens is 420 g/mol. The molecule has 0 saturated heterocycles. The number of hydrogen-bond donors (Lipinski definition) is 2. The van der Waals surface area contributed by atoms with Crippen LogP contribution in [0.15, 0.2) is 73.1 Å². The molecule has 1 aliphatic heterocycles. The number of aromatic hydroxyl groups is 2. The highest BCUT2D eigenvalue weighted by atomic mass is 16.5. The number of methoxy groups -OCH3 is 1. The van der Waals surface area contributed by atoms with E-state index >= 15 is 0 Å². The molecule has 1 aliphatic rings. The predicted molar refractivity (Wildman–Crippen MR) is 120 cm³/mol. The second-order valence-corrected chi connectivity index (χ2v) is 7.68. The molecule has 5 aromatic rings. The van der Waals surface area contributed by atoms with E-state index < -0.39 is 0 Å². The largest absolute Gasteiger partial charge is 0.508 e. The van der Waals surface area contributed by atoms with Crippen LogP contribution in [-0.2, 0) is 0 Å². The summed E-state index contributed by atoms with van der Waals surface area (Å²) in [5.41, 5.74) is 3.53. The lowest BCUT2D eigenvalue weighted by atomic mass is 9.83. The van der Waals surface area contributed by atoms with E-state index in [0.717, 1.165) is 16.7 Å². The van der Waals surface area contributed by atoms with Gasteiger partial charge in [-0.25, -0.2) is 14.5 Å². The topological polar surface area (TPSA) is 102 Å².